The van der Waals surface area contributed by atoms with Gasteiger partial charge in [-0.1, -0.05) is 30.3 Å². The van der Waals surface area contributed by atoms with Crippen LogP contribution in [0.15, 0.2) is 35.4 Å². The molecule has 2 amide bonds. The van der Waals surface area contributed by atoms with E-state index >= 15 is 0 Å². The van der Waals surface area contributed by atoms with Crippen molar-refractivity contribution in [2.75, 3.05) is 6.54 Å². The van der Waals surface area contributed by atoms with Gasteiger partial charge in [-0.2, -0.15) is 5.10 Å². The van der Waals surface area contributed by atoms with Crippen molar-refractivity contribution in [2.45, 2.75) is 58.8 Å². The van der Waals surface area contributed by atoms with Crippen molar-refractivity contribution in [1.29, 1.82) is 0 Å². The number of carbonyl (C=O) groups is 2. The average Bonchev–Trinajstić information content (AvgIpc) is 2.58. The number of hydrogen-bond donors (Lipinski definition) is 1. The molecule has 1 fully saturated rings. The van der Waals surface area contributed by atoms with E-state index in [4.69, 9.17) is 9.47 Å². The molecule has 1 aromatic rings. The number of carbonyl (C=O) groups excluding carboxylic acids is 2. The van der Waals surface area contributed by atoms with Crippen molar-refractivity contribution in [1.82, 2.24) is 10.3 Å². The molecular weight excluding hydrogens is 334 g/mol. The minimum absolute atomic E-state index is 0.0544. The maximum Gasteiger partial charge on any atom is 0.428 e. The Kier molecular flexibility index (Phi) is 6.60. The van der Waals surface area contributed by atoms with Crippen molar-refractivity contribution in [3.05, 3.63) is 35.9 Å². The highest BCUT2D eigenvalue weighted by Crippen LogP contribution is 2.17. The molecule has 1 heterocycles. The quantitative estimate of drug-likeness (QED) is 0.833. The first-order chi connectivity index (χ1) is 12.2. The van der Waals surface area contributed by atoms with Crippen LogP contribution in [0.3, 0.4) is 0 Å². The third-order valence-corrected chi connectivity index (χ3v) is 3.88. The second-order valence-electron chi connectivity index (χ2n) is 7.35. The van der Waals surface area contributed by atoms with E-state index in [-0.39, 0.29) is 18.7 Å². The number of amides is 2. The van der Waals surface area contributed by atoms with E-state index in [1.54, 1.807) is 25.7 Å². The third-order valence-electron chi connectivity index (χ3n) is 3.88. The third kappa shape index (κ3) is 6.38. The van der Waals surface area contributed by atoms with Gasteiger partial charge in [0.1, 0.15) is 12.2 Å². The minimum Gasteiger partial charge on any atom is -0.445 e. The molecule has 1 aliphatic heterocycles. The fourth-order valence-corrected chi connectivity index (χ4v) is 2.53. The Morgan fingerprint density at radius 3 is 2.62 bits per heavy atom. The van der Waals surface area contributed by atoms with E-state index in [1.807, 2.05) is 37.3 Å². The van der Waals surface area contributed by atoms with Crippen molar-refractivity contribution in [3.63, 3.8) is 0 Å². The maximum absolute atomic E-state index is 12.4. The van der Waals surface area contributed by atoms with Crippen LogP contribution in [0.5, 0.6) is 0 Å². The molecule has 0 radical (unpaired) electrons. The van der Waals surface area contributed by atoms with Gasteiger partial charge in [-0.3, -0.25) is 4.90 Å². The average molecular weight is 361 g/mol. The zero-order valence-corrected chi connectivity index (χ0v) is 15.8. The molecule has 1 saturated heterocycles. The standard InChI is InChI=1S/C19H27N3O4/c1-14-10-11-16(20-21-17(23)26-19(2,3)4)12-22(14)18(24)25-13-15-8-6-5-7-9-15/h5-9,14H,10-13H2,1-4H3,(H,21,23). The number of piperidine rings is 1. The van der Waals surface area contributed by atoms with Crippen LogP contribution >= 0.6 is 0 Å². The van der Waals surface area contributed by atoms with E-state index in [0.717, 1.165) is 12.0 Å². The smallest absolute Gasteiger partial charge is 0.428 e. The monoisotopic (exact) mass is 361 g/mol. The summed E-state index contributed by atoms with van der Waals surface area (Å²) in [5, 5.41) is 4.10. The zero-order valence-electron chi connectivity index (χ0n) is 15.8. The van der Waals surface area contributed by atoms with E-state index in [2.05, 4.69) is 10.5 Å². The lowest BCUT2D eigenvalue weighted by Gasteiger charge is -2.33. The number of hydrazone groups is 1. The van der Waals surface area contributed by atoms with E-state index in [9.17, 15) is 9.59 Å². The first-order valence-electron chi connectivity index (χ1n) is 8.76. The maximum atomic E-state index is 12.4. The van der Waals surface area contributed by atoms with Crippen LogP contribution in [0.2, 0.25) is 0 Å². The molecule has 0 bridgehead atoms. The van der Waals surface area contributed by atoms with Gasteiger partial charge in [-0.25, -0.2) is 15.0 Å². The summed E-state index contributed by atoms with van der Waals surface area (Å²) in [5.41, 5.74) is 3.45. The largest absolute Gasteiger partial charge is 0.445 e. The molecule has 1 N–H and O–H groups in total. The number of ether oxygens (including phenoxy) is 2. The summed E-state index contributed by atoms with van der Waals surface area (Å²) < 4.78 is 10.5. The predicted octanol–water partition coefficient (Wildman–Crippen LogP) is 3.69. The van der Waals surface area contributed by atoms with Gasteiger partial charge in [0, 0.05) is 6.04 Å². The van der Waals surface area contributed by atoms with Crippen LogP contribution in [-0.4, -0.2) is 41.0 Å². The van der Waals surface area contributed by atoms with Gasteiger partial charge in [-0.15, -0.1) is 0 Å². The van der Waals surface area contributed by atoms with Gasteiger partial charge >= 0.3 is 12.2 Å². The molecule has 1 unspecified atom stereocenters. The molecule has 1 atom stereocenters. The second-order valence-corrected chi connectivity index (χ2v) is 7.35. The summed E-state index contributed by atoms with van der Waals surface area (Å²) in [6, 6.07) is 9.59. The fourth-order valence-electron chi connectivity index (χ4n) is 2.53. The predicted molar refractivity (Wildman–Crippen MR) is 98.8 cm³/mol. The molecule has 0 aromatic heterocycles. The first kappa shape index (κ1) is 19.8. The Labute approximate surface area is 154 Å². The van der Waals surface area contributed by atoms with Crippen molar-refractivity contribution in [3.8, 4) is 0 Å². The molecule has 7 nitrogen and oxygen atoms in total. The Hall–Kier alpha value is -2.57. The number of hydrogen-bond acceptors (Lipinski definition) is 5. The Bertz CT molecular complexity index is 652. The van der Waals surface area contributed by atoms with Crippen LogP contribution < -0.4 is 5.43 Å². The van der Waals surface area contributed by atoms with Crippen LogP contribution in [0.25, 0.3) is 0 Å². The minimum atomic E-state index is -0.609. The highest BCUT2D eigenvalue weighted by molar-refractivity contribution is 5.90. The molecule has 1 aromatic carbocycles. The summed E-state index contributed by atoms with van der Waals surface area (Å²) in [6.45, 7) is 7.88. The van der Waals surface area contributed by atoms with E-state index in [1.165, 1.54) is 0 Å². The number of likely N-dealkylation sites (tertiary alicyclic amines) is 1. The van der Waals surface area contributed by atoms with E-state index in [0.29, 0.717) is 18.7 Å². The Morgan fingerprint density at radius 1 is 1.27 bits per heavy atom. The lowest BCUT2D eigenvalue weighted by Crippen LogP contribution is -2.46. The highest BCUT2D eigenvalue weighted by atomic mass is 16.6. The zero-order chi connectivity index (χ0) is 19.2. The summed E-state index contributed by atoms with van der Waals surface area (Å²) >= 11 is 0. The van der Waals surface area contributed by atoms with Gasteiger partial charge in [0.05, 0.1) is 12.3 Å². The fraction of sp³-hybridized carbons (Fsp3) is 0.526. The molecule has 0 saturated carbocycles. The van der Waals surface area contributed by atoms with Gasteiger partial charge in [0.25, 0.3) is 0 Å². The summed E-state index contributed by atoms with van der Waals surface area (Å²) in [7, 11) is 0. The Morgan fingerprint density at radius 2 is 1.96 bits per heavy atom. The van der Waals surface area contributed by atoms with Crippen molar-refractivity contribution >= 4 is 17.9 Å². The van der Waals surface area contributed by atoms with Crippen LogP contribution in [0.4, 0.5) is 9.59 Å². The molecule has 0 aliphatic carbocycles. The SMILES string of the molecule is CC1CCC(=NNC(=O)OC(C)(C)C)CN1C(=O)OCc1ccccc1. The van der Waals surface area contributed by atoms with Gasteiger partial charge in [0.15, 0.2) is 0 Å². The van der Waals surface area contributed by atoms with Gasteiger partial charge in [-0.05, 0) is 46.1 Å². The number of benzene rings is 1. The van der Waals surface area contributed by atoms with Crippen molar-refractivity contribution in [2.24, 2.45) is 5.10 Å². The van der Waals surface area contributed by atoms with Gasteiger partial charge < -0.3 is 9.47 Å². The summed E-state index contributed by atoms with van der Waals surface area (Å²) in [4.78, 5) is 25.7. The molecule has 142 valence electrons. The summed E-state index contributed by atoms with van der Waals surface area (Å²) in [6.07, 6.45) is 0.474. The Balaban J connectivity index is 1.89. The topological polar surface area (TPSA) is 80.2 Å². The lowest BCUT2D eigenvalue weighted by molar-refractivity contribution is 0.0528. The van der Waals surface area contributed by atoms with Crippen molar-refractivity contribution < 1.29 is 19.1 Å². The van der Waals surface area contributed by atoms with Gasteiger partial charge in [0.2, 0.25) is 0 Å². The number of nitrogens with zero attached hydrogens (tertiary/aromatic N) is 2. The molecule has 0 spiro atoms. The second kappa shape index (κ2) is 8.69. The number of nitrogens with one attached hydrogen (secondary N) is 1. The lowest BCUT2D eigenvalue weighted by atomic mass is 10.0. The first-order valence-corrected chi connectivity index (χ1v) is 8.76. The van der Waals surface area contributed by atoms with Crippen LogP contribution in [-0.2, 0) is 16.1 Å². The highest BCUT2D eigenvalue weighted by Gasteiger charge is 2.28. The molecule has 2 rings (SSSR count). The molecule has 7 heteroatoms. The van der Waals surface area contributed by atoms with Crippen LogP contribution in [0.1, 0.15) is 46.1 Å². The molecule has 1 aliphatic rings. The van der Waals surface area contributed by atoms with E-state index < -0.39 is 11.7 Å². The van der Waals surface area contributed by atoms with Crippen LogP contribution in [0, 0.1) is 0 Å². The molecule has 26 heavy (non-hydrogen) atoms. The summed E-state index contributed by atoms with van der Waals surface area (Å²) in [5.74, 6) is 0. The normalized spacial score (nSPS) is 19.2. The molecular formula is C19H27N3O4. The number of rotatable bonds is 3.